The summed E-state index contributed by atoms with van der Waals surface area (Å²) in [6, 6.07) is 7.19. The Labute approximate surface area is 236 Å². The van der Waals surface area contributed by atoms with Crippen LogP contribution in [0, 0.1) is 5.41 Å². The number of nitrogens with one attached hydrogen (secondary N) is 1. The van der Waals surface area contributed by atoms with Gasteiger partial charge in [-0.2, -0.15) is 13.2 Å². The summed E-state index contributed by atoms with van der Waals surface area (Å²) in [6.07, 6.45) is -2.93. The van der Waals surface area contributed by atoms with Crippen molar-refractivity contribution in [3.8, 4) is 0 Å². The predicted octanol–water partition coefficient (Wildman–Crippen LogP) is 4.66. The van der Waals surface area contributed by atoms with E-state index in [1.807, 2.05) is 17.5 Å². The van der Waals surface area contributed by atoms with Crippen LogP contribution in [0.15, 0.2) is 62.3 Å². The van der Waals surface area contributed by atoms with E-state index < -0.39 is 34.6 Å². The monoisotopic (exact) mass is 612 g/mol. The Morgan fingerprint density at radius 2 is 2.03 bits per heavy atom. The molecule has 3 atom stereocenters. The molecule has 7 nitrogen and oxygen atoms in total. The number of β-lactam (4-membered cyclic amide) rings is 1. The number of aliphatic carboxylic acids is 1. The van der Waals surface area contributed by atoms with Gasteiger partial charge >= 0.3 is 12.1 Å². The topological polar surface area (TPSA) is 104 Å². The highest BCUT2D eigenvalue weighted by atomic mass is 32.2. The van der Waals surface area contributed by atoms with Gasteiger partial charge in [0, 0.05) is 33.3 Å². The Morgan fingerprint density at radius 3 is 2.72 bits per heavy atom. The van der Waals surface area contributed by atoms with E-state index in [1.165, 1.54) is 45.5 Å². The summed E-state index contributed by atoms with van der Waals surface area (Å²) in [7, 11) is 0. The van der Waals surface area contributed by atoms with E-state index >= 15 is 0 Å². The number of nitrogens with zero attached hydrogens (tertiary/aromatic N) is 1. The number of amides is 2. The van der Waals surface area contributed by atoms with E-state index in [-0.39, 0.29) is 46.0 Å². The molecule has 2 fully saturated rings. The number of hydrogen-bond donors (Lipinski definition) is 2. The van der Waals surface area contributed by atoms with E-state index in [1.54, 1.807) is 0 Å². The lowest BCUT2D eigenvalue weighted by atomic mass is 9.87. The number of fused-ring (bicyclic) bond motifs is 2. The molecule has 0 saturated carbocycles. The Bertz CT molecular complexity index is 1540. The van der Waals surface area contributed by atoms with Gasteiger partial charge in [-0.1, -0.05) is 23.9 Å². The van der Waals surface area contributed by atoms with Crippen molar-refractivity contribution in [3.63, 3.8) is 0 Å². The minimum Gasteiger partial charge on any atom is -0.481 e. The van der Waals surface area contributed by atoms with E-state index in [2.05, 4.69) is 5.32 Å². The van der Waals surface area contributed by atoms with Crippen LogP contribution >= 0.6 is 46.2 Å². The molecular weight excluding hydrogens is 594 g/mol. The molecule has 1 aromatic carbocycles. The summed E-state index contributed by atoms with van der Waals surface area (Å²) in [4.78, 5) is 52.1. The van der Waals surface area contributed by atoms with Gasteiger partial charge in [-0.3, -0.25) is 19.2 Å². The quantitative estimate of drug-likeness (QED) is 0.296. The van der Waals surface area contributed by atoms with Crippen LogP contribution < -0.4 is 10.7 Å². The third kappa shape index (κ3) is 5.60. The number of carboxylic acid groups (broad SMARTS) is 1. The molecule has 0 bridgehead atoms. The van der Waals surface area contributed by atoms with Crippen LogP contribution in [0.4, 0.5) is 13.2 Å². The fraction of sp³-hybridized carbons (Fsp3) is 0.280. The van der Waals surface area contributed by atoms with Crippen molar-refractivity contribution in [1.29, 1.82) is 0 Å². The van der Waals surface area contributed by atoms with Gasteiger partial charge in [0.25, 0.3) is 0 Å². The second kappa shape index (κ2) is 10.6. The van der Waals surface area contributed by atoms with Gasteiger partial charge in [0.05, 0.1) is 16.2 Å². The molecule has 0 aliphatic carbocycles. The minimum absolute atomic E-state index is 0.0872. The maximum absolute atomic E-state index is 13.1. The van der Waals surface area contributed by atoms with E-state index in [9.17, 15) is 37.5 Å². The summed E-state index contributed by atoms with van der Waals surface area (Å²) in [6.45, 7) is -0.0872. The number of benzene rings is 1. The number of alkyl halides is 3. The van der Waals surface area contributed by atoms with Crippen molar-refractivity contribution in [2.45, 2.75) is 28.2 Å². The molecule has 39 heavy (non-hydrogen) atoms. The van der Waals surface area contributed by atoms with Crippen molar-refractivity contribution in [3.05, 3.63) is 73.9 Å². The van der Waals surface area contributed by atoms with Crippen molar-refractivity contribution >= 4 is 74.1 Å². The fourth-order valence-corrected chi connectivity index (χ4v) is 8.62. The molecule has 4 heterocycles. The lowest BCUT2D eigenvalue weighted by molar-refractivity contribution is -0.156. The number of thiophene rings is 1. The number of thioether (sulfide) groups is 2. The number of hydrogen-bond acceptors (Lipinski definition) is 8. The average Bonchev–Trinajstić information content (AvgIpc) is 3.39. The Hall–Kier alpha value is -2.81. The van der Waals surface area contributed by atoms with Gasteiger partial charge in [0.1, 0.15) is 16.8 Å². The smallest absolute Gasteiger partial charge is 0.416 e. The molecule has 5 rings (SSSR count). The Kier molecular flexibility index (Phi) is 7.57. The van der Waals surface area contributed by atoms with Crippen molar-refractivity contribution in [2.24, 2.45) is 5.41 Å². The highest BCUT2D eigenvalue weighted by molar-refractivity contribution is 8.04. The SMILES string of the molecule is O=C(Cc1cccs1)NC1C(=O)N2CC(C=CSc3cc(=O)c4ccc(C(F)(F)F)cc4s3)(C(=O)O)CS[C@H]12. The summed E-state index contributed by atoms with van der Waals surface area (Å²) >= 11 is 4.73. The van der Waals surface area contributed by atoms with Crippen LogP contribution in [0.5, 0.6) is 0 Å². The number of carbonyl (C=O) groups excluding carboxylic acids is 2. The maximum Gasteiger partial charge on any atom is 0.416 e. The molecule has 204 valence electrons. The first kappa shape index (κ1) is 27.7. The molecule has 0 radical (unpaired) electrons. The van der Waals surface area contributed by atoms with Crippen LogP contribution in [-0.2, 0) is 27.0 Å². The van der Waals surface area contributed by atoms with Gasteiger partial charge in [-0.25, -0.2) is 0 Å². The molecule has 3 aromatic rings. The van der Waals surface area contributed by atoms with E-state index in [4.69, 9.17) is 0 Å². The highest BCUT2D eigenvalue weighted by Crippen LogP contribution is 2.44. The van der Waals surface area contributed by atoms with Gasteiger partial charge in [-0.15, -0.1) is 34.4 Å². The molecule has 2 unspecified atom stereocenters. The molecule has 14 heteroatoms. The number of carboxylic acids is 1. The zero-order chi connectivity index (χ0) is 27.9. The standard InChI is InChI=1S/C25H19F3N2O5S4/c26-25(27,28)13-3-4-15-16(31)10-19(39-17(15)8-13)37-7-5-24(23(34)35)11-30-21(33)20(22(30)38-12-24)29-18(32)9-14-2-1-6-36-14/h1-8,10,20,22H,9,11-12H2,(H,29,32)(H,34,35)/t20?,22-,24?/m1/s1. The summed E-state index contributed by atoms with van der Waals surface area (Å²) in [5, 5.41) is 15.9. The third-order valence-electron chi connectivity index (χ3n) is 6.37. The first-order valence-corrected chi connectivity index (χ1v) is 15.1. The summed E-state index contributed by atoms with van der Waals surface area (Å²) in [5.74, 6) is -1.62. The predicted molar refractivity (Wildman–Crippen MR) is 146 cm³/mol. The highest BCUT2D eigenvalue weighted by Gasteiger charge is 2.56. The van der Waals surface area contributed by atoms with Crippen LogP contribution in [0.25, 0.3) is 10.1 Å². The van der Waals surface area contributed by atoms with Crippen LogP contribution in [0.1, 0.15) is 10.4 Å². The lowest BCUT2D eigenvalue weighted by Crippen LogP contribution is -2.73. The van der Waals surface area contributed by atoms with Crippen LogP contribution in [-0.4, -0.2) is 51.5 Å². The van der Waals surface area contributed by atoms with Gasteiger partial charge in [-0.05, 0) is 35.1 Å². The molecule has 2 amide bonds. The van der Waals surface area contributed by atoms with Gasteiger partial charge in [0.2, 0.25) is 11.8 Å². The Balaban J connectivity index is 1.27. The second-order valence-electron chi connectivity index (χ2n) is 8.99. The first-order chi connectivity index (χ1) is 18.5. The normalized spacial score (nSPS) is 23.1. The van der Waals surface area contributed by atoms with E-state index in [0.29, 0.717) is 4.21 Å². The molecule has 2 saturated heterocycles. The third-order valence-corrected chi connectivity index (χ3v) is 10.8. The minimum atomic E-state index is -4.54. The molecule has 2 aliphatic rings. The van der Waals surface area contributed by atoms with Gasteiger partial charge in [0.15, 0.2) is 5.43 Å². The summed E-state index contributed by atoms with van der Waals surface area (Å²) < 4.78 is 39.9. The van der Waals surface area contributed by atoms with Crippen molar-refractivity contribution in [2.75, 3.05) is 12.3 Å². The number of carbonyl (C=O) groups is 3. The molecule has 2 N–H and O–H groups in total. The van der Waals surface area contributed by atoms with Crippen LogP contribution in [0.3, 0.4) is 0 Å². The van der Waals surface area contributed by atoms with Crippen molar-refractivity contribution < 1.29 is 32.7 Å². The zero-order valence-electron chi connectivity index (χ0n) is 19.8. The number of halogens is 3. The molecular formula is C25H19F3N2O5S4. The largest absolute Gasteiger partial charge is 0.481 e. The molecule has 2 aliphatic heterocycles. The average molecular weight is 613 g/mol. The van der Waals surface area contributed by atoms with Gasteiger partial charge < -0.3 is 15.3 Å². The number of rotatable bonds is 7. The van der Waals surface area contributed by atoms with Crippen LogP contribution in [0.2, 0.25) is 0 Å². The molecule has 0 spiro atoms. The second-order valence-corrected chi connectivity index (χ2v) is 13.4. The fourth-order valence-electron chi connectivity index (χ4n) is 4.29. The van der Waals surface area contributed by atoms with E-state index in [0.717, 1.165) is 46.2 Å². The molecule has 2 aromatic heterocycles. The Morgan fingerprint density at radius 1 is 1.23 bits per heavy atom. The first-order valence-electron chi connectivity index (χ1n) is 11.4. The zero-order valence-corrected chi connectivity index (χ0v) is 23.0. The van der Waals surface area contributed by atoms with Crippen molar-refractivity contribution in [1.82, 2.24) is 10.2 Å². The maximum atomic E-state index is 13.1. The summed E-state index contributed by atoms with van der Waals surface area (Å²) in [5.41, 5.74) is -2.70. The lowest BCUT2D eigenvalue weighted by Gasteiger charge is -2.53.